The molecule has 0 unspecified atom stereocenters. The van der Waals surface area contributed by atoms with E-state index in [0.29, 0.717) is 22.4 Å². The molecule has 0 bridgehead atoms. The molecule has 0 radical (unpaired) electrons. The fraction of sp³-hybridized carbons (Fsp3) is 0.263. The summed E-state index contributed by atoms with van der Waals surface area (Å²) < 4.78 is 7.90. The Kier molecular flexibility index (Phi) is 6.46. The van der Waals surface area contributed by atoms with Crippen LogP contribution in [0.4, 0.5) is 0 Å². The number of aryl methyl sites for hydroxylation is 1. The number of hydrogen-bond donors (Lipinski definition) is 0. The molecule has 26 heavy (non-hydrogen) atoms. The monoisotopic (exact) mass is 407 g/mol. The summed E-state index contributed by atoms with van der Waals surface area (Å²) in [5, 5.41) is 10.7. The highest BCUT2D eigenvalue weighted by molar-refractivity contribution is 7.98. The van der Waals surface area contributed by atoms with Crippen molar-refractivity contribution in [1.29, 1.82) is 0 Å². The number of ether oxygens (including phenoxy) is 1. The number of aromatic nitrogens is 3. The standard InChI is InChI=1S/C19H19Cl2N3OS/c1-3-24-18(11-25-14-7-4-6-13(2)10-14)22-23-19(24)26-12-15-16(20)8-5-9-17(15)21/h4-10H,3,11-12H2,1-2H3. The molecule has 0 aliphatic carbocycles. The Bertz CT molecular complexity index is 878. The summed E-state index contributed by atoms with van der Waals surface area (Å²) >= 11 is 14.1. The van der Waals surface area contributed by atoms with E-state index < -0.39 is 0 Å². The summed E-state index contributed by atoms with van der Waals surface area (Å²) in [5.74, 6) is 2.25. The molecule has 0 saturated carbocycles. The van der Waals surface area contributed by atoms with E-state index in [1.165, 1.54) is 0 Å². The van der Waals surface area contributed by atoms with E-state index in [0.717, 1.165) is 34.4 Å². The second-order valence-corrected chi connectivity index (χ2v) is 7.49. The van der Waals surface area contributed by atoms with E-state index in [-0.39, 0.29) is 0 Å². The molecular weight excluding hydrogens is 389 g/mol. The first-order valence-corrected chi connectivity index (χ1v) is 10.00. The van der Waals surface area contributed by atoms with E-state index in [1.807, 2.05) is 54.0 Å². The van der Waals surface area contributed by atoms with Gasteiger partial charge in [0.15, 0.2) is 11.0 Å². The van der Waals surface area contributed by atoms with Crippen LogP contribution in [0.15, 0.2) is 47.6 Å². The third kappa shape index (κ3) is 4.53. The zero-order chi connectivity index (χ0) is 18.5. The number of benzene rings is 2. The van der Waals surface area contributed by atoms with Gasteiger partial charge in [-0.2, -0.15) is 0 Å². The van der Waals surface area contributed by atoms with Gasteiger partial charge in [-0.3, -0.25) is 0 Å². The quantitative estimate of drug-likeness (QED) is 0.465. The first-order valence-electron chi connectivity index (χ1n) is 8.25. The molecule has 0 aliphatic heterocycles. The van der Waals surface area contributed by atoms with Gasteiger partial charge in [0, 0.05) is 22.3 Å². The molecule has 1 aromatic heterocycles. The Balaban J connectivity index is 1.70. The molecule has 0 atom stereocenters. The molecule has 0 amide bonds. The van der Waals surface area contributed by atoms with Gasteiger partial charge in [0.25, 0.3) is 0 Å². The van der Waals surface area contributed by atoms with Crippen molar-refractivity contribution < 1.29 is 4.74 Å². The molecular formula is C19H19Cl2N3OS. The van der Waals surface area contributed by atoms with Crippen molar-refractivity contribution in [3.63, 3.8) is 0 Å². The van der Waals surface area contributed by atoms with E-state index in [2.05, 4.69) is 17.1 Å². The van der Waals surface area contributed by atoms with Crippen LogP contribution in [0.5, 0.6) is 5.75 Å². The first-order chi connectivity index (χ1) is 12.6. The third-order valence-corrected chi connectivity index (χ3v) is 5.58. The van der Waals surface area contributed by atoms with Crippen LogP contribution in [0, 0.1) is 6.92 Å². The maximum absolute atomic E-state index is 6.24. The highest BCUT2D eigenvalue weighted by Crippen LogP contribution is 2.31. The summed E-state index contributed by atoms with van der Waals surface area (Å²) in [5.41, 5.74) is 2.07. The smallest absolute Gasteiger partial charge is 0.191 e. The molecule has 4 nitrogen and oxygen atoms in total. The van der Waals surface area contributed by atoms with Crippen LogP contribution in [0.25, 0.3) is 0 Å². The highest BCUT2D eigenvalue weighted by Gasteiger charge is 2.14. The highest BCUT2D eigenvalue weighted by atomic mass is 35.5. The predicted octanol–water partition coefficient (Wildman–Crippen LogP) is 5.78. The van der Waals surface area contributed by atoms with Crippen molar-refractivity contribution in [3.05, 3.63) is 69.5 Å². The lowest BCUT2D eigenvalue weighted by atomic mass is 10.2. The van der Waals surface area contributed by atoms with Gasteiger partial charge < -0.3 is 9.30 Å². The molecule has 136 valence electrons. The van der Waals surface area contributed by atoms with Crippen LogP contribution in [0.3, 0.4) is 0 Å². The van der Waals surface area contributed by atoms with Crippen LogP contribution in [0.2, 0.25) is 10.0 Å². The fourth-order valence-corrected chi connectivity index (χ4v) is 4.27. The third-order valence-electron chi connectivity index (χ3n) is 3.87. The summed E-state index contributed by atoms with van der Waals surface area (Å²) in [6.45, 7) is 5.23. The van der Waals surface area contributed by atoms with E-state index in [4.69, 9.17) is 27.9 Å². The Morgan fingerprint density at radius 3 is 2.50 bits per heavy atom. The summed E-state index contributed by atoms with van der Waals surface area (Å²) in [6, 6.07) is 13.5. The first kappa shape index (κ1) is 19.1. The van der Waals surface area contributed by atoms with Gasteiger partial charge in [0.1, 0.15) is 12.4 Å². The lowest BCUT2D eigenvalue weighted by Crippen LogP contribution is -2.07. The van der Waals surface area contributed by atoms with Crippen molar-refractivity contribution in [3.8, 4) is 5.75 Å². The van der Waals surface area contributed by atoms with Crippen LogP contribution < -0.4 is 4.74 Å². The van der Waals surface area contributed by atoms with Crippen molar-refractivity contribution >= 4 is 35.0 Å². The van der Waals surface area contributed by atoms with Gasteiger partial charge in [-0.05, 0) is 49.2 Å². The Labute approximate surface area is 167 Å². The van der Waals surface area contributed by atoms with Crippen LogP contribution in [-0.2, 0) is 18.9 Å². The topological polar surface area (TPSA) is 39.9 Å². The van der Waals surface area contributed by atoms with Crippen LogP contribution in [0.1, 0.15) is 23.9 Å². The molecule has 0 spiro atoms. The molecule has 7 heteroatoms. The van der Waals surface area contributed by atoms with Crippen LogP contribution in [-0.4, -0.2) is 14.8 Å². The molecule has 3 rings (SSSR count). The van der Waals surface area contributed by atoms with Crippen molar-refractivity contribution in [2.24, 2.45) is 0 Å². The van der Waals surface area contributed by atoms with Gasteiger partial charge in [-0.15, -0.1) is 10.2 Å². The molecule has 2 aromatic carbocycles. The zero-order valence-electron chi connectivity index (χ0n) is 14.6. The second kappa shape index (κ2) is 8.80. The average Bonchev–Trinajstić information content (AvgIpc) is 3.01. The largest absolute Gasteiger partial charge is 0.486 e. The molecule has 0 aliphatic rings. The van der Waals surface area contributed by atoms with E-state index >= 15 is 0 Å². The summed E-state index contributed by atoms with van der Waals surface area (Å²) in [4.78, 5) is 0. The number of nitrogens with zero attached hydrogens (tertiary/aromatic N) is 3. The number of hydrogen-bond acceptors (Lipinski definition) is 4. The van der Waals surface area contributed by atoms with Gasteiger partial charge in [0.2, 0.25) is 0 Å². The molecule has 3 aromatic rings. The average molecular weight is 408 g/mol. The lowest BCUT2D eigenvalue weighted by molar-refractivity contribution is 0.288. The number of halogens is 2. The fourth-order valence-electron chi connectivity index (χ4n) is 2.51. The maximum atomic E-state index is 6.24. The van der Waals surface area contributed by atoms with Crippen LogP contribution >= 0.6 is 35.0 Å². The van der Waals surface area contributed by atoms with Crippen molar-refractivity contribution in [1.82, 2.24) is 14.8 Å². The van der Waals surface area contributed by atoms with Gasteiger partial charge in [-0.1, -0.05) is 53.2 Å². The molecule has 0 saturated heterocycles. The summed E-state index contributed by atoms with van der Waals surface area (Å²) in [7, 11) is 0. The second-order valence-electron chi connectivity index (χ2n) is 5.74. The van der Waals surface area contributed by atoms with E-state index in [9.17, 15) is 0 Å². The minimum atomic E-state index is 0.373. The maximum Gasteiger partial charge on any atom is 0.191 e. The Hall–Kier alpha value is -1.69. The Morgan fingerprint density at radius 2 is 1.81 bits per heavy atom. The zero-order valence-corrected chi connectivity index (χ0v) is 16.9. The minimum absolute atomic E-state index is 0.373. The SMILES string of the molecule is CCn1c(COc2cccc(C)c2)nnc1SCc1c(Cl)cccc1Cl. The molecule has 1 heterocycles. The van der Waals surface area contributed by atoms with Gasteiger partial charge in [0.05, 0.1) is 0 Å². The van der Waals surface area contributed by atoms with Gasteiger partial charge >= 0.3 is 0 Å². The van der Waals surface area contributed by atoms with E-state index in [1.54, 1.807) is 11.8 Å². The van der Waals surface area contributed by atoms with Gasteiger partial charge in [-0.25, -0.2) is 0 Å². The predicted molar refractivity (Wildman–Crippen MR) is 107 cm³/mol. The normalized spacial score (nSPS) is 10.9. The summed E-state index contributed by atoms with van der Waals surface area (Å²) in [6.07, 6.45) is 0. The van der Waals surface area contributed by atoms with Crippen molar-refractivity contribution in [2.45, 2.75) is 37.9 Å². The number of rotatable bonds is 7. The number of thioether (sulfide) groups is 1. The molecule has 0 fully saturated rings. The van der Waals surface area contributed by atoms with Crippen molar-refractivity contribution in [2.75, 3.05) is 0 Å². The Morgan fingerprint density at radius 1 is 1.08 bits per heavy atom. The molecule has 0 N–H and O–H groups in total. The lowest BCUT2D eigenvalue weighted by Gasteiger charge is -2.10. The minimum Gasteiger partial charge on any atom is -0.486 e.